The molecule has 3 rings (SSSR count). The number of aromatic nitrogens is 1. The first-order chi connectivity index (χ1) is 12.1. The van der Waals surface area contributed by atoms with E-state index in [1.165, 1.54) is 11.1 Å². The van der Waals surface area contributed by atoms with Crippen molar-refractivity contribution >= 4 is 33.3 Å². The van der Waals surface area contributed by atoms with Gasteiger partial charge in [0.15, 0.2) is 0 Å². The van der Waals surface area contributed by atoms with Crippen molar-refractivity contribution in [2.45, 2.75) is 26.1 Å². The molecule has 1 fully saturated rings. The molecule has 0 atom stereocenters. The van der Waals surface area contributed by atoms with Gasteiger partial charge in [-0.15, -0.1) is 0 Å². The molecule has 1 saturated heterocycles. The molecule has 0 aliphatic carbocycles. The lowest BCUT2D eigenvalue weighted by Gasteiger charge is -2.27. The van der Waals surface area contributed by atoms with Crippen molar-refractivity contribution in [3.63, 3.8) is 0 Å². The molecule has 0 radical (unpaired) electrons. The largest absolute Gasteiger partial charge is 0.481 e. The molecular weight excluding hydrogens is 406 g/mol. The number of ether oxygens (including phenoxy) is 2. The fraction of sp³-hybridized carbons (Fsp3) is 0.389. The minimum atomic E-state index is 0.390. The fourth-order valence-corrected chi connectivity index (χ4v) is 3.22. The van der Waals surface area contributed by atoms with Gasteiger partial charge >= 0.3 is 0 Å². The summed E-state index contributed by atoms with van der Waals surface area (Å²) < 4.78 is 11.7. The molecule has 5 nitrogen and oxygen atoms in total. The molecular formula is C18H21BrClN3O2. The van der Waals surface area contributed by atoms with E-state index >= 15 is 0 Å². The number of methoxy groups -OCH3 is 1. The average Bonchev–Trinajstić information content (AvgIpc) is 2.56. The van der Waals surface area contributed by atoms with Crippen LogP contribution < -0.4 is 15.4 Å². The first kappa shape index (κ1) is 18.5. The Bertz CT molecular complexity index is 753. The normalized spacial score (nSPS) is 14.2. The van der Waals surface area contributed by atoms with Crippen LogP contribution >= 0.6 is 27.5 Å². The molecule has 0 saturated carbocycles. The standard InChI is InChI=1S/C18H21BrClN3O2/c1-11-12(4-3-5-15(11)19)7-22-17-16(20)6-13(18(23-17)24-2)8-21-14-9-25-10-14/h3-6,14,21H,7-10H2,1-2H3,(H,22,23). The quantitative estimate of drug-likeness (QED) is 0.703. The fourth-order valence-electron chi connectivity index (χ4n) is 2.57. The first-order valence-corrected chi connectivity index (χ1v) is 9.28. The highest BCUT2D eigenvalue weighted by molar-refractivity contribution is 9.10. The van der Waals surface area contributed by atoms with E-state index in [4.69, 9.17) is 21.1 Å². The highest BCUT2D eigenvalue weighted by Gasteiger charge is 2.19. The van der Waals surface area contributed by atoms with Crippen LogP contribution in [0.3, 0.4) is 0 Å². The predicted octanol–water partition coefficient (Wildman–Crippen LogP) is 3.92. The van der Waals surface area contributed by atoms with Crippen LogP contribution in [0.5, 0.6) is 5.88 Å². The van der Waals surface area contributed by atoms with Crippen molar-refractivity contribution in [2.24, 2.45) is 0 Å². The lowest BCUT2D eigenvalue weighted by Crippen LogP contribution is -2.45. The maximum absolute atomic E-state index is 6.42. The van der Waals surface area contributed by atoms with Gasteiger partial charge in [0.05, 0.1) is 31.4 Å². The maximum Gasteiger partial charge on any atom is 0.219 e. The second kappa shape index (κ2) is 8.36. The van der Waals surface area contributed by atoms with Crippen LogP contribution in [-0.2, 0) is 17.8 Å². The summed E-state index contributed by atoms with van der Waals surface area (Å²) in [6.07, 6.45) is 0. The molecule has 1 aromatic carbocycles. The number of hydrogen-bond donors (Lipinski definition) is 2. The summed E-state index contributed by atoms with van der Waals surface area (Å²) in [5.74, 6) is 1.19. The molecule has 1 aromatic heterocycles. The first-order valence-electron chi connectivity index (χ1n) is 8.11. The molecule has 0 unspecified atom stereocenters. The molecule has 0 amide bonds. The highest BCUT2D eigenvalue weighted by Crippen LogP contribution is 2.28. The zero-order valence-electron chi connectivity index (χ0n) is 14.2. The Labute approximate surface area is 161 Å². The Balaban J connectivity index is 1.71. The Hall–Kier alpha value is -1.34. The van der Waals surface area contributed by atoms with E-state index in [1.54, 1.807) is 7.11 Å². The van der Waals surface area contributed by atoms with Gasteiger partial charge in [-0.05, 0) is 30.2 Å². The van der Waals surface area contributed by atoms with Gasteiger partial charge in [-0.3, -0.25) is 0 Å². The van der Waals surface area contributed by atoms with E-state index in [-0.39, 0.29) is 0 Å². The van der Waals surface area contributed by atoms with Gasteiger partial charge in [0.2, 0.25) is 5.88 Å². The minimum Gasteiger partial charge on any atom is -0.481 e. The van der Waals surface area contributed by atoms with Gasteiger partial charge in [-0.1, -0.05) is 39.7 Å². The van der Waals surface area contributed by atoms with Crippen LogP contribution in [0.2, 0.25) is 5.02 Å². The van der Waals surface area contributed by atoms with Gasteiger partial charge in [0, 0.05) is 23.1 Å². The average molecular weight is 427 g/mol. The lowest BCUT2D eigenvalue weighted by molar-refractivity contribution is -0.00586. The van der Waals surface area contributed by atoms with Crippen molar-refractivity contribution in [2.75, 3.05) is 25.6 Å². The molecule has 1 aliphatic heterocycles. The van der Waals surface area contributed by atoms with Crippen LogP contribution in [-0.4, -0.2) is 31.3 Å². The van der Waals surface area contributed by atoms with E-state index in [1.807, 2.05) is 18.2 Å². The Morgan fingerprint density at radius 1 is 1.32 bits per heavy atom. The second-order valence-corrected chi connectivity index (χ2v) is 7.24. The maximum atomic E-state index is 6.42. The highest BCUT2D eigenvalue weighted by atomic mass is 79.9. The molecule has 2 heterocycles. The van der Waals surface area contributed by atoms with E-state index in [0.29, 0.717) is 35.9 Å². The van der Waals surface area contributed by atoms with E-state index in [0.717, 1.165) is 23.2 Å². The topological polar surface area (TPSA) is 55.4 Å². The number of nitrogens with one attached hydrogen (secondary N) is 2. The third kappa shape index (κ3) is 4.44. The predicted molar refractivity (Wildman–Crippen MR) is 103 cm³/mol. The molecule has 7 heteroatoms. The van der Waals surface area contributed by atoms with Crippen LogP contribution in [0, 0.1) is 6.92 Å². The Morgan fingerprint density at radius 3 is 2.80 bits per heavy atom. The monoisotopic (exact) mass is 425 g/mol. The minimum absolute atomic E-state index is 0.390. The number of rotatable bonds is 7. The van der Waals surface area contributed by atoms with Crippen molar-refractivity contribution in [3.8, 4) is 5.88 Å². The molecule has 0 bridgehead atoms. The summed E-state index contributed by atoms with van der Waals surface area (Å²) in [5.41, 5.74) is 3.31. The van der Waals surface area contributed by atoms with Gasteiger partial charge in [0.1, 0.15) is 5.82 Å². The molecule has 2 N–H and O–H groups in total. The number of anilines is 1. The summed E-state index contributed by atoms with van der Waals surface area (Å²) >= 11 is 9.97. The molecule has 1 aliphatic rings. The molecule has 0 spiro atoms. The zero-order valence-corrected chi connectivity index (χ0v) is 16.6. The summed E-state index contributed by atoms with van der Waals surface area (Å²) in [6, 6.07) is 8.42. The smallest absolute Gasteiger partial charge is 0.219 e. The van der Waals surface area contributed by atoms with Crippen LogP contribution in [0.4, 0.5) is 5.82 Å². The summed E-state index contributed by atoms with van der Waals surface area (Å²) in [4.78, 5) is 4.53. The number of halogens is 2. The number of benzene rings is 1. The van der Waals surface area contributed by atoms with E-state index in [2.05, 4.69) is 44.5 Å². The number of hydrogen-bond acceptors (Lipinski definition) is 5. The van der Waals surface area contributed by atoms with Gasteiger partial charge in [0.25, 0.3) is 0 Å². The summed E-state index contributed by atoms with van der Waals surface area (Å²) in [5, 5.41) is 7.28. The summed E-state index contributed by atoms with van der Waals surface area (Å²) in [6.45, 7) is 4.85. The van der Waals surface area contributed by atoms with Crippen molar-refractivity contribution < 1.29 is 9.47 Å². The SMILES string of the molecule is COc1nc(NCc2cccc(Br)c2C)c(Cl)cc1CNC1COC1. The molecule has 25 heavy (non-hydrogen) atoms. The van der Waals surface area contributed by atoms with Gasteiger partial charge in [-0.2, -0.15) is 4.98 Å². The van der Waals surface area contributed by atoms with E-state index in [9.17, 15) is 0 Å². The van der Waals surface area contributed by atoms with Crippen LogP contribution in [0.25, 0.3) is 0 Å². The van der Waals surface area contributed by atoms with E-state index < -0.39 is 0 Å². The van der Waals surface area contributed by atoms with Crippen LogP contribution in [0.1, 0.15) is 16.7 Å². The molecule has 134 valence electrons. The van der Waals surface area contributed by atoms with Gasteiger partial charge < -0.3 is 20.1 Å². The Morgan fingerprint density at radius 2 is 2.12 bits per heavy atom. The summed E-state index contributed by atoms with van der Waals surface area (Å²) in [7, 11) is 1.62. The van der Waals surface area contributed by atoms with Crippen molar-refractivity contribution in [1.82, 2.24) is 10.3 Å². The van der Waals surface area contributed by atoms with Crippen molar-refractivity contribution in [1.29, 1.82) is 0 Å². The zero-order chi connectivity index (χ0) is 17.8. The number of pyridine rings is 1. The Kier molecular flexibility index (Phi) is 6.17. The lowest BCUT2D eigenvalue weighted by atomic mass is 10.1. The van der Waals surface area contributed by atoms with Crippen LogP contribution in [0.15, 0.2) is 28.7 Å². The third-order valence-corrected chi connectivity index (χ3v) is 5.40. The van der Waals surface area contributed by atoms with Gasteiger partial charge in [-0.25, -0.2) is 0 Å². The molecule has 2 aromatic rings. The second-order valence-electron chi connectivity index (χ2n) is 5.98. The third-order valence-electron chi connectivity index (χ3n) is 4.25. The van der Waals surface area contributed by atoms with Crippen molar-refractivity contribution in [3.05, 3.63) is 50.5 Å². The number of nitrogens with zero attached hydrogens (tertiary/aromatic N) is 1.